The van der Waals surface area contributed by atoms with Crippen LogP contribution in [-0.4, -0.2) is 25.9 Å². The molecule has 5 nitrogen and oxygen atoms in total. The Bertz CT molecular complexity index is 1260. The van der Waals surface area contributed by atoms with Crippen LogP contribution in [0.1, 0.15) is 5.56 Å². The highest BCUT2D eigenvalue weighted by atomic mass is 32.2. The van der Waals surface area contributed by atoms with Crippen molar-refractivity contribution in [2.45, 2.75) is 20.9 Å². The zero-order valence-electron chi connectivity index (χ0n) is 17.0. The van der Waals surface area contributed by atoms with Crippen LogP contribution in [0.15, 0.2) is 92.5 Å². The summed E-state index contributed by atoms with van der Waals surface area (Å²) in [5, 5.41) is 4.18. The van der Waals surface area contributed by atoms with E-state index in [0.717, 1.165) is 51.1 Å². The molecule has 1 aliphatic heterocycles. The predicted molar refractivity (Wildman–Crippen MR) is 128 cm³/mol. The Kier molecular flexibility index (Phi) is 6.91. The number of thioether (sulfide) groups is 1. The number of rotatable bonds is 6. The van der Waals surface area contributed by atoms with E-state index in [1.54, 1.807) is 36.0 Å². The molecule has 0 radical (unpaired) electrons. The molecule has 0 amide bonds. The van der Waals surface area contributed by atoms with Gasteiger partial charge in [0.2, 0.25) is 0 Å². The highest BCUT2D eigenvalue weighted by molar-refractivity contribution is 8.14. The Morgan fingerprint density at radius 1 is 0.909 bits per heavy atom. The molecule has 4 rings (SSSR count). The standard InChI is InChI=1S/C22H18F3N3O2S3/c23-22(24,25)15-2-1-3-20(14-15)33(29,30)28-17-6-10-19(11-7-17)32-18-8-4-16(5-9-18)27-21-26-12-13-31-21/h1-11,14,28H,12-13H2,(H,26,27). The summed E-state index contributed by atoms with van der Waals surface area (Å²) >= 11 is 3.19. The molecule has 1 heterocycles. The Hall–Kier alpha value is -2.63. The SMILES string of the molecule is O=S(=O)(Nc1ccc(Sc2ccc(NC3=NCCS3)cc2)cc1)c1cccc(C(F)(F)F)c1. The Labute approximate surface area is 197 Å². The molecule has 33 heavy (non-hydrogen) atoms. The highest BCUT2D eigenvalue weighted by Gasteiger charge is 2.31. The second-order valence-corrected chi connectivity index (χ2v) is 10.9. The maximum absolute atomic E-state index is 12.9. The van der Waals surface area contributed by atoms with Crippen LogP contribution in [0.5, 0.6) is 0 Å². The first-order chi connectivity index (χ1) is 15.7. The zero-order valence-corrected chi connectivity index (χ0v) is 19.4. The second-order valence-electron chi connectivity index (χ2n) is 6.94. The largest absolute Gasteiger partial charge is 0.416 e. The van der Waals surface area contributed by atoms with E-state index in [0.29, 0.717) is 6.07 Å². The van der Waals surface area contributed by atoms with E-state index in [1.165, 1.54) is 11.8 Å². The number of hydrogen-bond acceptors (Lipinski definition) is 6. The monoisotopic (exact) mass is 509 g/mol. The van der Waals surface area contributed by atoms with Crippen molar-refractivity contribution >= 4 is 50.1 Å². The van der Waals surface area contributed by atoms with Gasteiger partial charge in [-0.3, -0.25) is 9.71 Å². The third kappa shape index (κ3) is 6.24. The number of nitrogens with zero attached hydrogens (tertiary/aromatic N) is 1. The minimum absolute atomic E-state index is 0.256. The van der Waals surface area contributed by atoms with Crippen LogP contribution in [0, 0.1) is 0 Å². The molecule has 11 heteroatoms. The summed E-state index contributed by atoms with van der Waals surface area (Å²) in [7, 11) is -4.16. The summed E-state index contributed by atoms with van der Waals surface area (Å²) in [6.45, 7) is 0.826. The molecule has 3 aromatic rings. The molecule has 0 saturated heterocycles. The van der Waals surface area contributed by atoms with Crippen molar-refractivity contribution in [3.63, 3.8) is 0 Å². The molecule has 3 aromatic carbocycles. The minimum Gasteiger partial charge on any atom is -0.335 e. The molecule has 1 aliphatic rings. The number of benzene rings is 3. The summed E-state index contributed by atoms with van der Waals surface area (Å²) in [5.41, 5.74) is 0.186. The fourth-order valence-electron chi connectivity index (χ4n) is 2.92. The van der Waals surface area contributed by atoms with Gasteiger partial charge in [-0.25, -0.2) is 8.42 Å². The maximum Gasteiger partial charge on any atom is 0.416 e. The predicted octanol–water partition coefficient (Wildman–Crippen LogP) is 6.17. The van der Waals surface area contributed by atoms with Gasteiger partial charge in [0.25, 0.3) is 10.0 Å². The number of anilines is 2. The molecule has 0 unspecified atom stereocenters. The maximum atomic E-state index is 12.9. The smallest absolute Gasteiger partial charge is 0.335 e. The van der Waals surface area contributed by atoms with Gasteiger partial charge in [0.1, 0.15) is 0 Å². The van der Waals surface area contributed by atoms with Gasteiger partial charge in [0.15, 0.2) is 5.17 Å². The molecule has 0 atom stereocenters. The van der Waals surface area contributed by atoms with Crippen LogP contribution in [0.4, 0.5) is 24.5 Å². The number of hydrogen-bond donors (Lipinski definition) is 2. The number of sulfonamides is 1. The van der Waals surface area contributed by atoms with Gasteiger partial charge in [-0.05, 0) is 66.7 Å². The first-order valence-corrected chi connectivity index (χ1v) is 13.0. The van der Waals surface area contributed by atoms with E-state index in [9.17, 15) is 21.6 Å². The van der Waals surface area contributed by atoms with E-state index in [-0.39, 0.29) is 5.69 Å². The summed E-state index contributed by atoms with van der Waals surface area (Å²) in [6.07, 6.45) is -4.62. The Morgan fingerprint density at radius 2 is 1.55 bits per heavy atom. The zero-order chi connectivity index (χ0) is 23.5. The lowest BCUT2D eigenvalue weighted by atomic mass is 10.2. The summed E-state index contributed by atoms with van der Waals surface area (Å²) in [4.78, 5) is 5.78. The average Bonchev–Trinajstić information content (AvgIpc) is 3.29. The molecular weight excluding hydrogens is 491 g/mol. The number of halogens is 3. The first-order valence-electron chi connectivity index (χ1n) is 9.71. The van der Waals surface area contributed by atoms with E-state index < -0.39 is 26.7 Å². The van der Waals surface area contributed by atoms with Gasteiger partial charge in [0.05, 0.1) is 17.0 Å². The average molecular weight is 510 g/mol. The third-order valence-corrected chi connectivity index (χ3v) is 7.79. The van der Waals surface area contributed by atoms with Crippen molar-refractivity contribution < 1.29 is 21.6 Å². The van der Waals surface area contributed by atoms with Crippen LogP contribution in [0.2, 0.25) is 0 Å². The number of amidine groups is 1. The summed E-state index contributed by atoms with van der Waals surface area (Å²) in [6, 6.07) is 18.1. The molecule has 0 saturated carbocycles. The molecule has 172 valence electrons. The number of aliphatic imine (C=N–C) groups is 1. The Morgan fingerprint density at radius 3 is 2.12 bits per heavy atom. The number of nitrogens with one attached hydrogen (secondary N) is 2. The van der Waals surface area contributed by atoms with E-state index in [1.807, 2.05) is 24.3 Å². The van der Waals surface area contributed by atoms with E-state index in [2.05, 4.69) is 15.0 Å². The van der Waals surface area contributed by atoms with Crippen molar-refractivity contribution in [2.75, 3.05) is 22.3 Å². The minimum atomic E-state index is -4.62. The third-order valence-electron chi connectivity index (χ3n) is 4.50. The van der Waals surface area contributed by atoms with E-state index >= 15 is 0 Å². The Balaban J connectivity index is 1.40. The van der Waals surface area contributed by atoms with Crippen LogP contribution in [0.25, 0.3) is 0 Å². The molecule has 0 aromatic heterocycles. The van der Waals surface area contributed by atoms with Gasteiger partial charge >= 0.3 is 6.18 Å². The van der Waals surface area contributed by atoms with Crippen molar-refractivity contribution in [3.8, 4) is 0 Å². The molecule has 0 aliphatic carbocycles. The summed E-state index contributed by atoms with van der Waals surface area (Å²) in [5.74, 6) is 0.988. The van der Waals surface area contributed by atoms with Crippen LogP contribution >= 0.6 is 23.5 Å². The topological polar surface area (TPSA) is 70.6 Å². The quantitative estimate of drug-likeness (QED) is 0.416. The number of alkyl halides is 3. The second kappa shape index (κ2) is 9.70. The van der Waals surface area contributed by atoms with Gasteiger partial charge in [-0.1, -0.05) is 29.6 Å². The van der Waals surface area contributed by atoms with Gasteiger partial charge in [-0.15, -0.1) is 0 Å². The molecule has 0 bridgehead atoms. The first kappa shape index (κ1) is 23.5. The lowest BCUT2D eigenvalue weighted by Gasteiger charge is -2.11. The van der Waals surface area contributed by atoms with Crippen LogP contribution < -0.4 is 10.0 Å². The van der Waals surface area contributed by atoms with Gasteiger partial charge in [0, 0.05) is 26.9 Å². The highest BCUT2D eigenvalue weighted by Crippen LogP contribution is 2.32. The lowest BCUT2D eigenvalue weighted by Crippen LogP contribution is -2.14. The molecule has 0 fully saturated rings. The lowest BCUT2D eigenvalue weighted by molar-refractivity contribution is -0.137. The van der Waals surface area contributed by atoms with Crippen molar-refractivity contribution in [2.24, 2.45) is 4.99 Å². The molecule has 0 spiro atoms. The van der Waals surface area contributed by atoms with Gasteiger partial charge < -0.3 is 5.32 Å². The molecular formula is C22H18F3N3O2S3. The summed E-state index contributed by atoms with van der Waals surface area (Å²) < 4.78 is 66.0. The van der Waals surface area contributed by atoms with Gasteiger partial charge in [-0.2, -0.15) is 13.2 Å². The van der Waals surface area contributed by atoms with Crippen LogP contribution in [-0.2, 0) is 16.2 Å². The molecule has 2 N–H and O–H groups in total. The fraction of sp³-hybridized carbons (Fsp3) is 0.136. The fourth-order valence-corrected chi connectivity index (χ4v) is 5.59. The van der Waals surface area contributed by atoms with Crippen molar-refractivity contribution in [3.05, 3.63) is 78.4 Å². The van der Waals surface area contributed by atoms with E-state index in [4.69, 9.17) is 0 Å². The van der Waals surface area contributed by atoms with Crippen molar-refractivity contribution in [1.82, 2.24) is 0 Å². The van der Waals surface area contributed by atoms with Crippen molar-refractivity contribution in [1.29, 1.82) is 0 Å². The van der Waals surface area contributed by atoms with Crippen LogP contribution in [0.3, 0.4) is 0 Å². The normalized spacial score (nSPS) is 14.1.